The third-order valence-corrected chi connectivity index (χ3v) is 4.37. The summed E-state index contributed by atoms with van der Waals surface area (Å²) < 4.78 is 61.8. The lowest BCUT2D eigenvalue weighted by molar-refractivity contribution is -0.274. The number of nitrogens with zero attached hydrogens (tertiary/aromatic N) is 2. The summed E-state index contributed by atoms with van der Waals surface area (Å²) >= 11 is 5.90. The highest BCUT2D eigenvalue weighted by molar-refractivity contribution is 6.30. The van der Waals surface area contributed by atoms with Gasteiger partial charge < -0.3 is 19.4 Å². The number of ether oxygens (including phenoxy) is 2. The SMILES string of the molecule is COc1cn(Cc2cc(F)cc(Cl)c2)c(Nc2cc(OC(F)(F)F)ccc2C)nc1=O. The number of aromatic nitrogens is 2. The molecule has 0 saturated carbocycles. The molecule has 0 aliphatic carbocycles. The lowest BCUT2D eigenvalue weighted by Gasteiger charge is -2.17. The number of halogens is 5. The smallest absolute Gasteiger partial charge is 0.490 e. The van der Waals surface area contributed by atoms with Gasteiger partial charge in [-0.05, 0) is 42.3 Å². The Bertz CT molecular complexity index is 1150. The Morgan fingerprint density at radius 2 is 1.94 bits per heavy atom. The molecule has 1 N–H and O–H groups in total. The molecule has 0 radical (unpaired) electrons. The zero-order chi connectivity index (χ0) is 22.8. The molecule has 6 nitrogen and oxygen atoms in total. The fourth-order valence-corrected chi connectivity index (χ4v) is 3.03. The average Bonchev–Trinajstić information content (AvgIpc) is 2.64. The van der Waals surface area contributed by atoms with Crippen molar-refractivity contribution >= 4 is 23.2 Å². The number of hydrogen-bond donors (Lipinski definition) is 1. The first kappa shape index (κ1) is 22.4. The lowest BCUT2D eigenvalue weighted by atomic mass is 10.2. The van der Waals surface area contributed by atoms with Gasteiger partial charge in [0.25, 0.3) is 0 Å². The predicted molar refractivity (Wildman–Crippen MR) is 107 cm³/mol. The van der Waals surface area contributed by atoms with Gasteiger partial charge in [0.2, 0.25) is 11.7 Å². The van der Waals surface area contributed by atoms with E-state index in [1.165, 1.54) is 36.1 Å². The van der Waals surface area contributed by atoms with E-state index >= 15 is 0 Å². The minimum atomic E-state index is -4.86. The van der Waals surface area contributed by atoms with Gasteiger partial charge in [0.1, 0.15) is 11.6 Å². The van der Waals surface area contributed by atoms with E-state index in [0.717, 1.165) is 18.2 Å². The second-order valence-corrected chi connectivity index (χ2v) is 6.93. The Hall–Kier alpha value is -3.27. The van der Waals surface area contributed by atoms with Crippen molar-refractivity contribution in [2.24, 2.45) is 0 Å². The number of aryl methyl sites for hydroxylation is 1. The summed E-state index contributed by atoms with van der Waals surface area (Å²) in [5.41, 5.74) is 0.565. The molecule has 0 spiro atoms. The van der Waals surface area contributed by atoms with Crippen LogP contribution < -0.4 is 20.3 Å². The summed E-state index contributed by atoms with van der Waals surface area (Å²) in [6.45, 7) is 1.69. The predicted octanol–water partition coefficient (Wildman–Crippen LogP) is 5.04. The van der Waals surface area contributed by atoms with Crippen molar-refractivity contribution in [1.29, 1.82) is 0 Å². The molecule has 31 heavy (non-hydrogen) atoms. The maximum atomic E-state index is 13.7. The number of rotatable bonds is 6. The molecule has 0 unspecified atom stereocenters. The van der Waals surface area contributed by atoms with Crippen molar-refractivity contribution in [3.63, 3.8) is 0 Å². The number of anilines is 2. The molecule has 3 rings (SSSR count). The standard InChI is InChI=1S/C20H16ClF4N3O3/c1-11-3-4-15(31-20(23,24)25)8-16(11)26-19-27-18(29)17(30-2)10-28(19)9-12-5-13(21)7-14(22)6-12/h3-8,10H,9H2,1-2H3,(H,26,27,29). The van der Waals surface area contributed by atoms with E-state index in [1.807, 2.05) is 0 Å². The maximum Gasteiger partial charge on any atom is 0.573 e. The molecule has 0 aliphatic rings. The van der Waals surface area contributed by atoms with E-state index in [0.29, 0.717) is 11.1 Å². The zero-order valence-corrected chi connectivity index (χ0v) is 17.0. The summed E-state index contributed by atoms with van der Waals surface area (Å²) in [6.07, 6.45) is -3.51. The highest BCUT2D eigenvalue weighted by Crippen LogP contribution is 2.29. The Morgan fingerprint density at radius 3 is 2.58 bits per heavy atom. The second kappa shape index (κ2) is 8.84. The van der Waals surface area contributed by atoms with Crippen molar-refractivity contribution < 1.29 is 27.0 Å². The third-order valence-electron chi connectivity index (χ3n) is 4.15. The van der Waals surface area contributed by atoms with Gasteiger partial charge in [0, 0.05) is 16.8 Å². The van der Waals surface area contributed by atoms with Gasteiger partial charge in [-0.3, -0.25) is 4.79 Å². The first-order valence-electron chi connectivity index (χ1n) is 8.78. The molecule has 1 heterocycles. The van der Waals surface area contributed by atoms with E-state index in [1.54, 1.807) is 6.92 Å². The van der Waals surface area contributed by atoms with Crippen molar-refractivity contribution in [1.82, 2.24) is 9.55 Å². The van der Waals surface area contributed by atoms with Gasteiger partial charge in [-0.1, -0.05) is 17.7 Å². The van der Waals surface area contributed by atoms with Crippen LogP contribution in [0.15, 0.2) is 47.4 Å². The van der Waals surface area contributed by atoms with Crippen LogP contribution in [0.5, 0.6) is 11.5 Å². The number of nitrogens with one attached hydrogen (secondary N) is 1. The van der Waals surface area contributed by atoms with Crippen LogP contribution in [0, 0.1) is 12.7 Å². The first-order chi connectivity index (χ1) is 14.5. The molecule has 0 amide bonds. The molecule has 2 aromatic carbocycles. The molecule has 3 aromatic rings. The molecule has 0 atom stereocenters. The van der Waals surface area contributed by atoms with Crippen molar-refractivity contribution in [3.8, 4) is 11.5 Å². The van der Waals surface area contributed by atoms with Crippen LogP contribution in [0.25, 0.3) is 0 Å². The minimum Gasteiger partial charge on any atom is -0.490 e. The van der Waals surface area contributed by atoms with E-state index in [-0.39, 0.29) is 29.0 Å². The van der Waals surface area contributed by atoms with Crippen molar-refractivity contribution in [3.05, 3.63) is 74.9 Å². The van der Waals surface area contributed by atoms with Gasteiger partial charge in [0.15, 0.2) is 0 Å². The largest absolute Gasteiger partial charge is 0.573 e. The fraction of sp³-hybridized carbons (Fsp3) is 0.200. The normalized spacial score (nSPS) is 11.3. The summed E-state index contributed by atoms with van der Waals surface area (Å²) in [5, 5.41) is 3.01. The van der Waals surface area contributed by atoms with Crippen LogP contribution in [-0.2, 0) is 6.54 Å². The lowest BCUT2D eigenvalue weighted by Crippen LogP contribution is -2.19. The van der Waals surface area contributed by atoms with Crippen molar-refractivity contribution in [2.75, 3.05) is 12.4 Å². The third kappa shape index (κ3) is 5.88. The van der Waals surface area contributed by atoms with E-state index in [4.69, 9.17) is 16.3 Å². The van der Waals surface area contributed by atoms with Gasteiger partial charge in [0.05, 0.1) is 19.9 Å². The van der Waals surface area contributed by atoms with E-state index < -0.39 is 23.5 Å². The van der Waals surface area contributed by atoms with Crippen LogP contribution in [-0.4, -0.2) is 23.0 Å². The summed E-state index contributed by atoms with van der Waals surface area (Å²) in [7, 11) is 1.29. The van der Waals surface area contributed by atoms with Gasteiger partial charge >= 0.3 is 11.9 Å². The van der Waals surface area contributed by atoms with Crippen LogP contribution in [0.2, 0.25) is 5.02 Å². The molecule has 0 saturated heterocycles. The Labute approximate surface area is 179 Å². The maximum absolute atomic E-state index is 13.7. The topological polar surface area (TPSA) is 65.4 Å². The fourth-order valence-electron chi connectivity index (χ4n) is 2.79. The molecule has 0 fully saturated rings. The van der Waals surface area contributed by atoms with E-state index in [2.05, 4.69) is 15.0 Å². The molecule has 0 aliphatic heterocycles. The highest BCUT2D eigenvalue weighted by atomic mass is 35.5. The number of hydrogen-bond acceptors (Lipinski definition) is 5. The second-order valence-electron chi connectivity index (χ2n) is 6.49. The molecular formula is C20H16ClF4N3O3. The summed E-state index contributed by atoms with van der Waals surface area (Å²) in [6, 6.07) is 7.64. The molecular weight excluding hydrogens is 442 g/mol. The highest BCUT2D eigenvalue weighted by Gasteiger charge is 2.31. The van der Waals surface area contributed by atoms with Gasteiger partial charge in [-0.25, -0.2) is 4.39 Å². The summed E-state index contributed by atoms with van der Waals surface area (Å²) in [4.78, 5) is 16.1. The quantitative estimate of drug-likeness (QED) is 0.525. The van der Waals surface area contributed by atoms with Crippen LogP contribution in [0.1, 0.15) is 11.1 Å². The Balaban J connectivity index is 2.02. The molecule has 164 valence electrons. The molecule has 11 heteroatoms. The Kier molecular flexibility index (Phi) is 6.40. The molecule has 1 aromatic heterocycles. The van der Waals surface area contributed by atoms with Crippen LogP contribution >= 0.6 is 11.6 Å². The van der Waals surface area contributed by atoms with Crippen LogP contribution in [0.4, 0.5) is 29.2 Å². The van der Waals surface area contributed by atoms with Crippen molar-refractivity contribution in [2.45, 2.75) is 19.8 Å². The number of methoxy groups -OCH3 is 1. The van der Waals surface area contributed by atoms with Gasteiger partial charge in [-0.15, -0.1) is 13.2 Å². The van der Waals surface area contributed by atoms with Crippen LogP contribution in [0.3, 0.4) is 0 Å². The van der Waals surface area contributed by atoms with E-state index in [9.17, 15) is 22.4 Å². The minimum absolute atomic E-state index is 0.00144. The first-order valence-corrected chi connectivity index (χ1v) is 9.16. The van der Waals surface area contributed by atoms with Gasteiger partial charge in [-0.2, -0.15) is 4.98 Å². The summed E-state index contributed by atoms with van der Waals surface area (Å²) in [5.74, 6) is -1.07. The molecule has 0 bridgehead atoms. The zero-order valence-electron chi connectivity index (χ0n) is 16.3. The Morgan fingerprint density at radius 1 is 1.19 bits per heavy atom. The average molecular weight is 458 g/mol. The monoisotopic (exact) mass is 457 g/mol. The number of alkyl halides is 3. The number of benzene rings is 2.